The quantitative estimate of drug-likeness (QED) is 0.108. The lowest BCUT2D eigenvalue weighted by Crippen LogP contribution is -2.35. The largest absolute Gasteiger partial charge is 0.508 e. The molecular formula is C35H26N4O13S4. The topological polar surface area (TPSA) is 265 Å². The van der Waals surface area contributed by atoms with Crippen molar-refractivity contribution < 1.29 is 57.8 Å². The molecule has 21 heteroatoms. The fourth-order valence-electron chi connectivity index (χ4n) is 7.07. The van der Waals surface area contributed by atoms with Gasteiger partial charge in [-0.1, -0.05) is 12.1 Å². The first-order valence-corrected chi connectivity index (χ1v) is 21.8. The van der Waals surface area contributed by atoms with Gasteiger partial charge in [0.2, 0.25) is 0 Å². The van der Waals surface area contributed by atoms with Gasteiger partial charge in [-0.3, -0.25) is 9.11 Å². The number of fused-ring (bicyclic) bond motifs is 8. The lowest BCUT2D eigenvalue weighted by Gasteiger charge is -2.34. The summed E-state index contributed by atoms with van der Waals surface area (Å²) in [5.74, 6) is -0.884. The summed E-state index contributed by atoms with van der Waals surface area (Å²) in [4.78, 5) is 11.6. The molecule has 17 nitrogen and oxygen atoms in total. The summed E-state index contributed by atoms with van der Waals surface area (Å²) in [6, 6.07) is 16.5. The van der Waals surface area contributed by atoms with Crippen LogP contribution in [0.3, 0.4) is 0 Å². The van der Waals surface area contributed by atoms with Crippen LogP contribution in [0.15, 0.2) is 105 Å². The van der Waals surface area contributed by atoms with Gasteiger partial charge in [-0.2, -0.15) is 16.8 Å². The fourth-order valence-corrected chi connectivity index (χ4v) is 12.0. The summed E-state index contributed by atoms with van der Waals surface area (Å²) >= 11 is 0. The van der Waals surface area contributed by atoms with Gasteiger partial charge in [-0.05, 0) is 96.4 Å². The molecule has 6 aromatic rings. The highest BCUT2D eigenvalue weighted by atomic mass is 32.2. The average Bonchev–Trinajstić information content (AvgIpc) is 3.09. The molecule has 4 aliphatic heterocycles. The molecule has 4 aliphatic rings. The van der Waals surface area contributed by atoms with Crippen LogP contribution in [0.1, 0.15) is 11.1 Å². The van der Waals surface area contributed by atoms with E-state index in [0.717, 1.165) is 20.7 Å². The van der Waals surface area contributed by atoms with E-state index < -0.39 is 67.6 Å². The van der Waals surface area contributed by atoms with Gasteiger partial charge in [0.15, 0.2) is 0 Å². The molecular weight excluding hydrogens is 813 g/mol. The molecule has 0 unspecified atom stereocenters. The van der Waals surface area contributed by atoms with Gasteiger partial charge in [0.05, 0.1) is 34.1 Å². The third-order valence-electron chi connectivity index (χ3n) is 9.54. The Kier molecular flexibility index (Phi) is 7.93. The molecule has 0 atom stereocenters. The fraction of sp³-hybridized carbons (Fsp3) is 0.0571. The van der Waals surface area contributed by atoms with Crippen LogP contribution in [0.5, 0.6) is 11.5 Å². The van der Waals surface area contributed by atoms with E-state index in [-0.39, 0.29) is 76.6 Å². The minimum Gasteiger partial charge on any atom is -0.508 e. The first-order valence-electron chi connectivity index (χ1n) is 16.0. The van der Waals surface area contributed by atoms with E-state index in [4.69, 9.17) is 0 Å². The molecule has 0 aliphatic carbocycles. The smallest absolute Gasteiger partial charge is 0.323 e. The number of urea groups is 1. The molecule has 0 spiro atoms. The minimum atomic E-state index is -4.84. The lowest BCUT2D eigenvalue weighted by molar-refractivity contribution is 0.262. The second kappa shape index (κ2) is 12.0. The van der Waals surface area contributed by atoms with Gasteiger partial charge < -0.3 is 20.8 Å². The molecule has 6 aromatic carbocycles. The number of nitrogens with one attached hydrogen (secondary N) is 2. The summed E-state index contributed by atoms with van der Waals surface area (Å²) in [5.41, 5.74) is 0.466. The van der Waals surface area contributed by atoms with Crippen LogP contribution in [-0.4, -0.2) is 59.0 Å². The molecule has 2 amide bonds. The Morgan fingerprint density at radius 2 is 0.946 bits per heavy atom. The third-order valence-corrected chi connectivity index (χ3v) is 14.9. The van der Waals surface area contributed by atoms with Crippen molar-refractivity contribution in [2.24, 2.45) is 0 Å². The summed E-state index contributed by atoms with van der Waals surface area (Å²) in [5, 5.41) is 25.3. The van der Waals surface area contributed by atoms with Crippen molar-refractivity contribution in [2.45, 2.75) is 33.4 Å². The minimum absolute atomic E-state index is 0.0134. The van der Waals surface area contributed by atoms with E-state index >= 15 is 0 Å². The Morgan fingerprint density at radius 1 is 0.571 bits per heavy atom. The molecule has 0 saturated carbocycles. The molecule has 4 bridgehead atoms. The maximum atomic E-state index is 14.0. The van der Waals surface area contributed by atoms with E-state index in [1.54, 1.807) is 0 Å². The predicted molar refractivity (Wildman–Crippen MR) is 205 cm³/mol. The SMILES string of the molecule is Cc1c2ccc(c1NC(=O)Nc1c3ccc(c1C)N(c1ccc4cc(O)cc(S(=O)(=O)O)c4c1)S3(=O)=O)S(=O)(=O)N2c1ccc2cc(O)cc(S(=O)(=O)O)c2c1. The Bertz CT molecular complexity index is 3050. The monoisotopic (exact) mass is 838 g/mol. The van der Waals surface area contributed by atoms with Crippen molar-refractivity contribution in [3.8, 4) is 11.5 Å². The standard InChI is InChI=1S/C35H26N4O13S4/c1-17-27-7-9-29(53(43,44)38(27)21-5-3-19-11-23(40)15-31(25(19)13-21)55(47,48)49)33(17)36-35(42)37-34-18(2)28-8-10-30(34)54(45,46)39(28)22-6-4-20-12-24(41)16-32(26(20)14-22)56(50,51)52/h3-16,40-41H,1-2H3,(H2,36,37,42)(H,47,48,49)(H,50,51,52). The highest BCUT2D eigenvalue weighted by molar-refractivity contribution is 7.93. The predicted octanol–water partition coefficient (Wildman–Crippen LogP) is 5.84. The van der Waals surface area contributed by atoms with Crippen molar-refractivity contribution in [2.75, 3.05) is 19.2 Å². The average molecular weight is 839 g/mol. The highest BCUT2D eigenvalue weighted by Gasteiger charge is 2.40. The number of carbonyl (C=O) groups is 1. The van der Waals surface area contributed by atoms with E-state index in [2.05, 4.69) is 10.6 Å². The van der Waals surface area contributed by atoms with Crippen LogP contribution in [0, 0.1) is 13.8 Å². The normalized spacial score (nSPS) is 15.4. The number of anilines is 6. The zero-order chi connectivity index (χ0) is 40.4. The summed E-state index contributed by atoms with van der Waals surface area (Å²) in [6.45, 7) is 3.06. The Balaban J connectivity index is 1.13. The van der Waals surface area contributed by atoms with Gasteiger partial charge >= 0.3 is 6.03 Å². The summed E-state index contributed by atoms with van der Waals surface area (Å²) in [6.07, 6.45) is 0. The molecule has 6 N–H and O–H groups in total. The van der Waals surface area contributed by atoms with Crippen LogP contribution in [0.25, 0.3) is 21.5 Å². The van der Waals surface area contributed by atoms with E-state index in [0.29, 0.717) is 0 Å². The van der Waals surface area contributed by atoms with Crippen molar-refractivity contribution in [3.05, 3.63) is 96.1 Å². The third kappa shape index (κ3) is 5.58. The molecule has 56 heavy (non-hydrogen) atoms. The Labute approximate surface area is 318 Å². The number of hydrogen-bond acceptors (Lipinski definition) is 11. The zero-order valence-corrected chi connectivity index (χ0v) is 31.8. The number of phenolic OH excluding ortho intramolecular Hbond substituents is 2. The molecule has 0 fully saturated rings. The van der Waals surface area contributed by atoms with Crippen LogP contribution >= 0.6 is 0 Å². The molecule has 288 valence electrons. The van der Waals surface area contributed by atoms with Crippen LogP contribution in [-0.2, 0) is 40.3 Å². The van der Waals surface area contributed by atoms with Crippen molar-refractivity contribution in [3.63, 3.8) is 0 Å². The number of rotatable bonds is 6. The number of phenols is 2. The zero-order valence-electron chi connectivity index (χ0n) is 28.6. The number of hydrogen-bond donors (Lipinski definition) is 6. The summed E-state index contributed by atoms with van der Waals surface area (Å²) < 4.78 is 126. The van der Waals surface area contributed by atoms with Gasteiger partial charge in [0.25, 0.3) is 40.3 Å². The van der Waals surface area contributed by atoms with Crippen molar-refractivity contribution >= 4 is 102 Å². The maximum Gasteiger partial charge on any atom is 0.323 e. The Morgan fingerprint density at radius 3 is 1.30 bits per heavy atom. The van der Waals surface area contributed by atoms with Gasteiger partial charge in [-0.15, -0.1) is 0 Å². The van der Waals surface area contributed by atoms with Crippen LogP contribution in [0.4, 0.5) is 38.9 Å². The molecule has 4 heterocycles. The van der Waals surface area contributed by atoms with Crippen LogP contribution in [0.2, 0.25) is 0 Å². The number of amides is 2. The maximum absolute atomic E-state index is 14.0. The summed E-state index contributed by atoms with van der Waals surface area (Å²) in [7, 11) is -18.6. The second-order valence-corrected chi connectivity index (χ2v) is 19.2. The first-order chi connectivity index (χ1) is 26.1. The van der Waals surface area contributed by atoms with Crippen molar-refractivity contribution in [1.29, 1.82) is 0 Å². The number of aromatic hydroxyl groups is 2. The number of carbonyl (C=O) groups excluding carboxylic acids is 1. The van der Waals surface area contributed by atoms with Gasteiger partial charge in [0.1, 0.15) is 31.1 Å². The van der Waals surface area contributed by atoms with E-state index in [9.17, 15) is 57.8 Å². The molecule has 0 aromatic heterocycles. The first kappa shape index (κ1) is 37.0. The second-order valence-electron chi connectivity index (χ2n) is 12.9. The van der Waals surface area contributed by atoms with E-state index in [1.165, 1.54) is 86.6 Å². The molecule has 0 saturated heterocycles. The molecule has 10 rings (SSSR count). The van der Waals surface area contributed by atoms with E-state index in [1.807, 2.05) is 0 Å². The van der Waals surface area contributed by atoms with Crippen molar-refractivity contribution in [1.82, 2.24) is 0 Å². The van der Waals surface area contributed by atoms with Gasteiger partial charge in [-0.25, -0.2) is 30.2 Å². The van der Waals surface area contributed by atoms with Crippen LogP contribution < -0.4 is 19.2 Å². The lowest BCUT2D eigenvalue weighted by atomic mass is 10.1. The number of nitrogens with zero attached hydrogens (tertiary/aromatic N) is 2. The number of benzene rings is 6. The highest BCUT2D eigenvalue weighted by Crippen LogP contribution is 2.49. The van der Waals surface area contributed by atoms with Gasteiger partial charge in [0, 0.05) is 22.9 Å². The number of sulfonamides is 2. The molecule has 0 radical (unpaired) electrons. The Hall–Kier alpha value is -5.97.